The minimum absolute atomic E-state index is 0.0207. The van der Waals surface area contributed by atoms with Crippen molar-refractivity contribution in [2.24, 2.45) is 5.92 Å². The first-order chi connectivity index (χ1) is 8.90. The molecular weight excluding hydrogens is 241 g/mol. The Morgan fingerprint density at radius 3 is 2.74 bits per heavy atom. The van der Waals surface area contributed by atoms with Gasteiger partial charge in [-0.15, -0.1) is 0 Å². The van der Waals surface area contributed by atoms with Gasteiger partial charge in [-0.25, -0.2) is 9.37 Å². The Balaban J connectivity index is 2.01. The van der Waals surface area contributed by atoms with E-state index in [0.29, 0.717) is 29.9 Å². The van der Waals surface area contributed by atoms with Crippen LogP contribution in [0.5, 0.6) is 0 Å². The number of nitrogens with zero attached hydrogens (tertiary/aromatic N) is 1. The Morgan fingerprint density at radius 1 is 1.42 bits per heavy atom. The first-order valence-electron chi connectivity index (χ1n) is 7.05. The lowest BCUT2D eigenvalue weighted by molar-refractivity contribution is 0.418. The van der Waals surface area contributed by atoms with Gasteiger partial charge in [-0.1, -0.05) is 13.3 Å². The Hall–Kier alpha value is -1.16. The number of anilines is 1. The third-order valence-electron chi connectivity index (χ3n) is 3.55. The molecule has 2 atom stereocenters. The molecule has 2 unspecified atom stereocenters. The van der Waals surface area contributed by atoms with Crippen LogP contribution in [0.3, 0.4) is 0 Å². The van der Waals surface area contributed by atoms with Gasteiger partial charge >= 0.3 is 0 Å². The predicted octanol–water partition coefficient (Wildman–Crippen LogP) is 3.32. The first-order valence-corrected chi connectivity index (χ1v) is 7.05. The number of nitrogens with one attached hydrogen (secondary N) is 2. The Bertz CT molecular complexity index is 440. The Labute approximate surface area is 115 Å². The molecule has 0 amide bonds. The molecule has 106 valence electrons. The molecule has 0 bridgehead atoms. The van der Waals surface area contributed by atoms with E-state index in [0.717, 1.165) is 12.8 Å². The lowest BCUT2D eigenvalue weighted by Gasteiger charge is -2.21. The van der Waals surface area contributed by atoms with Crippen LogP contribution in [0.25, 0.3) is 0 Å². The van der Waals surface area contributed by atoms with Crippen molar-refractivity contribution in [3.63, 3.8) is 0 Å². The van der Waals surface area contributed by atoms with Crippen molar-refractivity contribution in [3.05, 3.63) is 23.6 Å². The van der Waals surface area contributed by atoms with Crippen molar-refractivity contribution >= 4 is 5.82 Å². The second-order valence-electron chi connectivity index (χ2n) is 6.39. The molecule has 1 aliphatic rings. The maximum Gasteiger partial charge on any atom is 0.169 e. The summed E-state index contributed by atoms with van der Waals surface area (Å²) in [7, 11) is 0. The summed E-state index contributed by atoms with van der Waals surface area (Å²) in [5, 5.41) is 6.51. The maximum atomic E-state index is 14.3. The molecule has 3 nitrogen and oxygen atoms in total. The van der Waals surface area contributed by atoms with Gasteiger partial charge < -0.3 is 10.6 Å². The average Bonchev–Trinajstić information content (AvgIpc) is 3.08. The molecule has 0 aliphatic heterocycles. The molecule has 1 fully saturated rings. The highest BCUT2D eigenvalue weighted by molar-refractivity contribution is 5.42. The molecular formula is C15H24FN3. The summed E-state index contributed by atoms with van der Waals surface area (Å²) in [6.45, 7) is 8.90. The highest BCUT2D eigenvalue weighted by Gasteiger charge is 2.36. The molecule has 0 radical (unpaired) electrons. The van der Waals surface area contributed by atoms with Crippen molar-refractivity contribution in [3.8, 4) is 0 Å². The second kappa shape index (κ2) is 5.45. The first kappa shape index (κ1) is 14.3. The van der Waals surface area contributed by atoms with E-state index in [-0.39, 0.29) is 11.4 Å². The molecule has 2 rings (SSSR count). The van der Waals surface area contributed by atoms with E-state index in [4.69, 9.17) is 0 Å². The van der Waals surface area contributed by atoms with Gasteiger partial charge in [0, 0.05) is 29.9 Å². The van der Waals surface area contributed by atoms with Gasteiger partial charge in [0.1, 0.15) is 0 Å². The highest BCUT2D eigenvalue weighted by Crippen LogP contribution is 2.36. The van der Waals surface area contributed by atoms with Gasteiger partial charge in [-0.3, -0.25) is 0 Å². The Morgan fingerprint density at radius 2 is 2.16 bits per heavy atom. The standard InChI is InChI=1S/C15H24FN3/c1-5-10-8-12(10)19-14-13(16)11(6-7-17-14)9-18-15(2,3)4/h6-7,10,12,18H,5,8-9H2,1-4H3,(H,17,19). The van der Waals surface area contributed by atoms with E-state index in [2.05, 4.69) is 43.3 Å². The number of aromatic nitrogens is 1. The van der Waals surface area contributed by atoms with Gasteiger partial charge in [0.25, 0.3) is 0 Å². The van der Waals surface area contributed by atoms with Crippen LogP contribution in [0.15, 0.2) is 12.3 Å². The molecule has 0 spiro atoms. The predicted molar refractivity (Wildman–Crippen MR) is 76.6 cm³/mol. The summed E-state index contributed by atoms with van der Waals surface area (Å²) in [5.74, 6) is 0.854. The Kier molecular flexibility index (Phi) is 4.09. The summed E-state index contributed by atoms with van der Waals surface area (Å²) < 4.78 is 14.3. The third-order valence-corrected chi connectivity index (χ3v) is 3.55. The van der Waals surface area contributed by atoms with Crippen LogP contribution in [-0.4, -0.2) is 16.6 Å². The number of rotatable bonds is 5. The molecule has 1 aliphatic carbocycles. The van der Waals surface area contributed by atoms with Crippen molar-refractivity contribution in [1.82, 2.24) is 10.3 Å². The summed E-state index contributed by atoms with van der Waals surface area (Å²) in [5.41, 5.74) is 0.647. The largest absolute Gasteiger partial charge is 0.365 e. The zero-order valence-electron chi connectivity index (χ0n) is 12.3. The van der Waals surface area contributed by atoms with Crippen molar-refractivity contribution in [1.29, 1.82) is 0 Å². The van der Waals surface area contributed by atoms with Crippen LogP contribution in [0.4, 0.5) is 10.2 Å². The van der Waals surface area contributed by atoms with Crippen LogP contribution >= 0.6 is 0 Å². The zero-order chi connectivity index (χ0) is 14.0. The zero-order valence-corrected chi connectivity index (χ0v) is 12.3. The fraction of sp³-hybridized carbons (Fsp3) is 0.667. The monoisotopic (exact) mass is 265 g/mol. The number of halogens is 1. The quantitative estimate of drug-likeness (QED) is 0.857. The van der Waals surface area contributed by atoms with E-state index in [1.165, 1.54) is 0 Å². The molecule has 4 heteroatoms. The van der Waals surface area contributed by atoms with Crippen LogP contribution in [0, 0.1) is 11.7 Å². The average molecular weight is 265 g/mol. The SMILES string of the molecule is CCC1CC1Nc1nccc(CNC(C)(C)C)c1F. The minimum Gasteiger partial charge on any atom is -0.365 e. The normalized spacial score (nSPS) is 22.4. The van der Waals surface area contributed by atoms with Gasteiger partial charge in [-0.2, -0.15) is 0 Å². The van der Waals surface area contributed by atoms with Gasteiger partial charge in [0.05, 0.1) is 0 Å². The van der Waals surface area contributed by atoms with Gasteiger partial charge in [0.15, 0.2) is 11.6 Å². The van der Waals surface area contributed by atoms with Crippen LogP contribution in [0.1, 0.15) is 46.1 Å². The summed E-state index contributed by atoms with van der Waals surface area (Å²) in [6, 6.07) is 2.14. The molecule has 1 saturated carbocycles. The number of hydrogen-bond acceptors (Lipinski definition) is 3. The fourth-order valence-corrected chi connectivity index (χ4v) is 2.13. The highest BCUT2D eigenvalue weighted by atomic mass is 19.1. The van der Waals surface area contributed by atoms with E-state index >= 15 is 0 Å². The lowest BCUT2D eigenvalue weighted by atomic mass is 10.1. The fourth-order valence-electron chi connectivity index (χ4n) is 2.13. The minimum atomic E-state index is -0.221. The smallest absolute Gasteiger partial charge is 0.169 e. The van der Waals surface area contributed by atoms with E-state index in [9.17, 15) is 4.39 Å². The molecule has 1 heterocycles. The summed E-state index contributed by atoms with van der Waals surface area (Å²) in [4.78, 5) is 4.12. The molecule has 1 aromatic rings. The van der Waals surface area contributed by atoms with E-state index in [1.807, 2.05) is 0 Å². The summed E-state index contributed by atoms with van der Waals surface area (Å²) in [6.07, 6.45) is 3.95. The van der Waals surface area contributed by atoms with Crippen LogP contribution in [-0.2, 0) is 6.54 Å². The third kappa shape index (κ3) is 3.90. The van der Waals surface area contributed by atoms with E-state index in [1.54, 1.807) is 12.3 Å². The van der Waals surface area contributed by atoms with Crippen molar-refractivity contribution < 1.29 is 4.39 Å². The molecule has 2 N–H and O–H groups in total. The summed E-state index contributed by atoms with van der Waals surface area (Å²) >= 11 is 0. The molecule has 1 aromatic heterocycles. The van der Waals surface area contributed by atoms with Crippen LogP contribution in [0.2, 0.25) is 0 Å². The van der Waals surface area contributed by atoms with Crippen molar-refractivity contribution in [2.75, 3.05) is 5.32 Å². The second-order valence-corrected chi connectivity index (χ2v) is 6.39. The maximum absolute atomic E-state index is 14.3. The number of hydrogen-bond donors (Lipinski definition) is 2. The van der Waals surface area contributed by atoms with E-state index < -0.39 is 0 Å². The molecule has 0 aromatic carbocycles. The molecule has 0 saturated heterocycles. The topological polar surface area (TPSA) is 37.0 Å². The molecule has 19 heavy (non-hydrogen) atoms. The van der Waals surface area contributed by atoms with Gasteiger partial charge in [-0.05, 0) is 39.2 Å². The van der Waals surface area contributed by atoms with Crippen molar-refractivity contribution in [2.45, 2.75) is 58.7 Å². The van der Waals surface area contributed by atoms with Gasteiger partial charge in [0.2, 0.25) is 0 Å². The van der Waals surface area contributed by atoms with Crippen LogP contribution < -0.4 is 10.6 Å². The lowest BCUT2D eigenvalue weighted by Crippen LogP contribution is -2.35. The number of pyridine rings is 1.